The summed E-state index contributed by atoms with van der Waals surface area (Å²) in [6, 6.07) is 13.0. The molecule has 1 aromatic heterocycles. The second-order valence-corrected chi connectivity index (χ2v) is 8.61. The minimum atomic E-state index is -0.866. The Morgan fingerprint density at radius 2 is 1.76 bits per heavy atom. The Morgan fingerprint density at radius 3 is 2.43 bits per heavy atom. The van der Waals surface area contributed by atoms with Gasteiger partial charge in [0.2, 0.25) is 0 Å². The first-order chi connectivity index (χ1) is 9.90. The summed E-state index contributed by atoms with van der Waals surface area (Å²) in [5.74, 6) is 0.255. The number of benzene rings is 2. The van der Waals surface area contributed by atoms with Crippen LogP contribution in [0.4, 0.5) is 5.69 Å². The Labute approximate surface area is 142 Å². The minimum Gasteiger partial charge on any atom is -0.508 e. The summed E-state index contributed by atoms with van der Waals surface area (Å²) in [5.41, 5.74) is 2.77. The van der Waals surface area contributed by atoms with E-state index < -0.39 is 3.54 Å². The summed E-state index contributed by atoms with van der Waals surface area (Å²) in [4.78, 5) is 4.57. The second kappa shape index (κ2) is 5.64. The molecule has 0 unspecified atom stereocenters. The van der Waals surface area contributed by atoms with Crippen LogP contribution in [-0.2, 0) is 0 Å². The molecule has 0 atom stereocenters. The van der Waals surface area contributed by atoms with Crippen LogP contribution >= 0.6 is 49.2 Å². The first-order valence-corrected chi connectivity index (χ1v) is 8.22. The number of hydrogen-bond acceptors (Lipinski definition) is 7. The highest BCUT2D eigenvalue weighted by molar-refractivity contribution is 8.17. The van der Waals surface area contributed by atoms with Crippen LogP contribution in [0.5, 0.6) is 5.75 Å². The molecule has 3 nitrogen and oxygen atoms in total. The van der Waals surface area contributed by atoms with Crippen molar-refractivity contribution >= 4 is 65.1 Å². The number of nitrogens with zero attached hydrogens (tertiary/aromatic N) is 1. The zero-order chi connectivity index (χ0) is 15.0. The summed E-state index contributed by atoms with van der Waals surface area (Å²) in [6.07, 6.45) is 0. The van der Waals surface area contributed by atoms with Gasteiger partial charge in [-0.2, -0.15) is 0 Å². The molecule has 2 N–H and O–H groups in total. The van der Waals surface area contributed by atoms with Gasteiger partial charge in [-0.15, -0.1) is 49.2 Å². The van der Waals surface area contributed by atoms with Crippen molar-refractivity contribution in [2.45, 2.75) is 3.54 Å². The number of hydrogen-bond donors (Lipinski definition) is 5. The van der Waals surface area contributed by atoms with Gasteiger partial charge < -0.3 is 10.4 Å². The van der Waals surface area contributed by atoms with E-state index in [1.807, 2.05) is 30.3 Å². The number of nitrogens with one attached hydrogen (secondary N) is 1. The van der Waals surface area contributed by atoms with Crippen molar-refractivity contribution in [3.05, 3.63) is 42.5 Å². The van der Waals surface area contributed by atoms with Crippen molar-refractivity contribution in [1.29, 1.82) is 0 Å². The minimum absolute atomic E-state index is 0.255. The highest BCUT2D eigenvalue weighted by Crippen LogP contribution is 2.33. The van der Waals surface area contributed by atoms with Crippen molar-refractivity contribution in [2.75, 3.05) is 5.32 Å². The van der Waals surface area contributed by atoms with Gasteiger partial charge in [0.05, 0.1) is 10.2 Å². The van der Waals surface area contributed by atoms with Crippen LogP contribution in [0.15, 0.2) is 42.5 Å². The number of phenols is 1. The van der Waals surface area contributed by atoms with E-state index in [1.54, 1.807) is 23.5 Å². The van der Waals surface area contributed by atoms with Gasteiger partial charge in [0.15, 0.2) is 3.54 Å². The molecule has 3 aromatic rings. The lowest BCUT2D eigenvalue weighted by molar-refractivity contribution is 0.476. The zero-order valence-electron chi connectivity index (χ0n) is 10.7. The Hall–Kier alpha value is -1.02. The average Bonchev–Trinajstić information content (AvgIpc) is 2.80. The Balaban J connectivity index is 1.91. The highest BCUT2D eigenvalue weighted by atomic mass is 32.2. The third-order valence-electron chi connectivity index (χ3n) is 2.82. The zero-order valence-corrected chi connectivity index (χ0v) is 14.2. The lowest BCUT2D eigenvalue weighted by atomic mass is 10.2. The second-order valence-electron chi connectivity index (χ2n) is 4.51. The maximum Gasteiger partial charge on any atom is 0.170 e. The quantitative estimate of drug-likeness (QED) is 0.357. The summed E-state index contributed by atoms with van der Waals surface area (Å²) >= 11 is 14.1. The molecule has 0 aliphatic rings. The Morgan fingerprint density at radius 1 is 1.05 bits per heavy atom. The third-order valence-corrected chi connectivity index (χ3v) is 4.22. The summed E-state index contributed by atoms with van der Waals surface area (Å²) in [7, 11) is 0. The number of thiazole rings is 1. The highest BCUT2D eigenvalue weighted by Gasteiger charge is 2.13. The molecule has 2 aromatic carbocycles. The molecule has 0 bridgehead atoms. The van der Waals surface area contributed by atoms with E-state index >= 15 is 0 Å². The van der Waals surface area contributed by atoms with Crippen molar-refractivity contribution in [3.63, 3.8) is 0 Å². The van der Waals surface area contributed by atoms with Crippen molar-refractivity contribution < 1.29 is 5.11 Å². The predicted molar refractivity (Wildman–Crippen MR) is 100 cm³/mol. The molecule has 0 saturated heterocycles. The molecular weight excluding hydrogens is 340 g/mol. The van der Waals surface area contributed by atoms with Crippen LogP contribution in [0.1, 0.15) is 0 Å². The molecule has 108 valence electrons. The third kappa shape index (κ3) is 3.60. The Bertz CT molecular complexity index is 778. The molecule has 21 heavy (non-hydrogen) atoms. The maximum atomic E-state index is 9.50. The molecule has 0 saturated carbocycles. The van der Waals surface area contributed by atoms with Gasteiger partial charge in [0.25, 0.3) is 0 Å². The Kier molecular flexibility index (Phi) is 4.00. The number of aromatic hydroxyl groups is 1. The largest absolute Gasteiger partial charge is 0.508 e. The fourth-order valence-corrected chi connectivity index (χ4v) is 3.32. The predicted octanol–water partition coefficient (Wildman–Crippen LogP) is 4.48. The molecule has 0 amide bonds. The standard InChI is InChI=1S/C14H12N2OS4/c17-10-5-6-11-12(7-10)21-13(15-11)8-1-3-9(4-2-8)16-14(18,19)20/h1-7,16-20H. The SMILES string of the molecule is Oc1ccc2nc(-c3ccc(NC(S)(S)S)cc3)sc2c1. The van der Waals surface area contributed by atoms with E-state index in [2.05, 4.69) is 48.2 Å². The first-order valence-electron chi connectivity index (χ1n) is 6.06. The number of aromatic nitrogens is 1. The van der Waals surface area contributed by atoms with Crippen LogP contribution in [-0.4, -0.2) is 13.6 Å². The van der Waals surface area contributed by atoms with Gasteiger partial charge in [0, 0.05) is 11.3 Å². The molecule has 0 aliphatic carbocycles. The molecular formula is C14H12N2OS4. The topological polar surface area (TPSA) is 45.2 Å². The van der Waals surface area contributed by atoms with Crippen molar-refractivity contribution in [1.82, 2.24) is 4.98 Å². The lowest BCUT2D eigenvalue weighted by Crippen LogP contribution is -2.16. The van der Waals surface area contributed by atoms with E-state index in [-0.39, 0.29) is 5.75 Å². The van der Waals surface area contributed by atoms with Crippen molar-refractivity contribution in [2.24, 2.45) is 0 Å². The fraction of sp³-hybridized carbons (Fsp3) is 0.0714. The van der Waals surface area contributed by atoms with E-state index in [1.165, 1.54) is 0 Å². The van der Waals surface area contributed by atoms with E-state index in [0.29, 0.717) is 0 Å². The molecule has 3 rings (SSSR count). The van der Waals surface area contributed by atoms with Crippen LogP contribution < -0.4 is 5.32 Å². The van der Waals surface area contributed by atoms with Gasteiger partial charge in [-0.25, -0.2) is 4.98 Å². The molecule has 0 aliphatic heterocycles. The van der Waals surface area contributed by atoms with Crippen molar-refractivity contribution in [3.8, 4) is 16.3 Å². The van der Waals surface area contributed by atoms with Gasteiger partial charge in [-0.05, 0) is 42.5 Å². The maximum absolute atomic E-state index is 9.50. The monoisotopic (exact) mass is 352 g/mol. The normalized spacial score (nSPS) is 11.8. The number of fused-ring (bicyclic) bond motifs is 1. The lowest BCUT2D eigenvalue weighted by Gasteiger charge is -2.18. The molecule has 0 fully saturated rings. The number of thiol groups is 3. The van der Waals surface area contributed by atoms with Gasteiger partial charge in [-0.1, -0.05) is 0 Å². The summed E-state index contributed by atoms with van der Waals surface area (Å²) in [5, 5.41) is 13.5. The number of anilines is 1. The molecule has 7 heteroatoms. The van der Waals surface area contributed by atoms with Crippen LogP contribution in [0, 0.1) is 0 Å². The molecule has 0 spiro atoms. The average molecular weight is 353 g/mol. The van der Waals surface area contributed by atoms with E-state index in [4.69, 9.17) is 0 Å². The molecule has 0 radical (unpaired) electrons. The first kappa shape index (κ1) is 14.9. The van der Waals surface area contributed by atoms with Gasteiger partial charge in [-0.3, -0.25) is 0 Å². The summed E-state index contributed by atoms with van der Waals surface area (Å²) < 4.78 is 0.0989. The molecule has 1 heterocycles. The van der Waals surface area contributed by atoms with Gasteiger partial charge >= 0.3 is 0 Å². The smallest absolute Gasteiger partial charge is 0.170 e. The fourth-order valence-electron chi connectivity index (χ4n) is 1.93. The number of rotatable bonds is 3. The van der Waals surface area contributed by atoms with Crippen LogP contribution in [0.25, 0.3) is 20.8 Å². The summed E-state index contributed by atoms with van der Waals surface area (Å²) in [6.45, 7) is 0. The van der Waals surface area contributed by atoms with E-state index in [9.17, 15) is 5.11 Å². The number of phenolic OH excluding ortho intramolecular Hbond substituents is 1. The van der Waals surface area contributed by atoms with Crippen LogP contribution in [0.2, 0.25) is 0 Å². The van der Waals surface area contributed by atoms with Crippen LogP contribution in [0.3, 0.4) is 0 Å². The van der Waals surface area contributed by atoms with Gasteiger partial charge in [0.1, 0.15) is 10.8 Å². The van der Waals surface area contributed by atoms with E-state index in [0.717, 1.165) is 26.5 Å².